The van der Waals surface area contributed by atoms with Crippen LogP contribution < -0.4 is 16.0 Å². The largest absolute Gasteiger partial charge is 0.496 e. The van der Waals surface area contributed by atoms with E-state index in [0.29, 0.717) is 5.92 Å². The van der Waals surface area contributed by atoms with Crippen molar-refractivity contribution in [2.45, 2.75) is 50.7 Å². The minimum atomic E-state index is 0.126. The SMILES string of the molecule is COc1ccc(C)cc1C(NN)C1CCOC2(CCC2)C1. The number of methoxy groups -OCH3 is 1. The summed E-state index contributed by atoms with van der Waals surface area (Å²) in [5.74, 6) is 7.33. The van der Waals surface area contributed by atoms with Gasteiger partial charge < -0.3 is 9.47 Å². The van der Waals surface area contributed by atoms with Crippen molar-refractivity contribution in [3.63, 3.8) is 0 Å². The Morgan fingerprint density at radius 1 is 1.43 bits per heavy atom. The second-order valence-electron chi connectivity index (χ2n) is 6.53. The summed E-state index contributed by atoms with van der Waals surface area (Å²) in [5.41, 5.74) is 5.58. The second kappa shape index (κ2) is 5.95. The second-order valence-corrected chi connectivity index (χ2v) is 6.53. The molecule has 1 aromatic rings. The van der Waals surface area contributed by atoms with Crippen molar-refractivity contribution in [1.29, 1.82) is 0 Å². The molecule has 0 bridgehead atoms. The zero-order valence-corrected chi connectivity index (χ0v) is 13.0. The number of rotatable bonds is 4. The first kappa shape index (κ1) is 14.8. The van der Waals surface area contributed by atoms with Gasteiger partial charge in [-0.05, 0) is 51.0 Å². The molecule has 3 rings (SSSR count). The highest BCUT2D eigenvalue weighted by Gasteiger charge is 2.44. The highest BCUT2D eigenvalue weighted by atomic mass is 16.5. The maximum atomic E-state index is 6.04. The fourth-order valence-corrected chi connectivity index (χ4v) is 3.85. The van der Waals surface area contributed by atoms with E-state index >= 15 is 0 Å². The molecule has 0 aromatic heterocycles. The first-order valence-electron chi connectivity index (χ1n) is 7.92. The van der Waals surface area contributed by atoms with Crippen LogP contribution in [0.5, 0.6) is 5.75 Å². The number of ether oxygens (including phenoxy) is 2. The summed E-state index contributed by atoms with van der Waals surface area (Å²) >= 11 is 0. The average molecular weight is 290 g/mol. The average Bonchev–Trinajstić information content (AvgIpc) is 2.47. The summed E-state index contributed by atoms with van der Waals surface area (Å²) in [7, 11) is 1.72. The Morgan fingerprint density at radius 2 is 2.24 bits per heavy atom. The fourth-order valence-electron chi connectivity index (χ4n) is 3.85. The summed E-state index contributed by atoms with van der Waals surface area (Å²) in [4.78, 5) is 0. The number of nitrogens with two attached hydrogens (primary N) is 1. The molecule has 1 saturated heterocycles. The minimum absolute atomic E-state index is 0.126. The number of hydrogen-bond acceptors (Lipinski definition) is 4. The van der Waals surface area contributed by atoms with Crippen molar-refractivity contribution in [3.8, 4) is 5.75 Å². The third-order valence-electron chi connectivity index (χ3n) is 5.17. The Bertz CT molecular complexity index is 500. The lowest BCUT2D eigenvalue weighted by molar-refractivity contribution is -0.147. The third kappa shape index (κ3) is 2.80. The van der Waals surface area contributed by atoms with Crippen LogP contribution in [0.25, 0.3) is 0 Å². The molecule has 21 heavy (non-hydrogen) atoms. The van der Waals surface area contributed by atoms with Crippen LogP contribution in [0.1, 0.15) is 49.3 Å². The molecule has 2 atom stereocenters. The smallest absolute Gasteiger partial charge is 0.123 e. The lowest BCUT2D eigenvalue weighted by Gasteiger charge is -2.48. The first-order chi connectivity index (χ1) is 10.2. The molecule has 2 unspecified atom stereocenters. The summed E-state index contributed by atoms with van der Waals surface area (Å²) in [6.07, 6.45) is 5.84. The van der Waals surface area contributed by atoms with Crippen molar-refractivity contribution in [3.05, 3.63) is 29.3 Å². The van der Waals surface area contributed by atoms with Crippen molar-refractivity contribution >= 4 is 0 Å². The zero-order valence-electron chi connectivity index (χ0n) is 13.0. The van der Waals surface area contributed by atoms with Crippen LogP contribution in [0.2, 0.25) is 0 Å². The predicted octanol–water partition coefficient (Wildman–Crippen LogP) is 2.86. The fraction of sp³-hybridized carbons (Fsp3) is 0.647. The van der Waals surface area contributed by atoms with Crippen molar-refractivity contribution in [2.24, 2.45) is 11.8 Å². The first-order valence-corrected chi connectivity index (χ1v) is 7.92. The highest BCUT2D eigenvalue weighted by molar-refractivity contribution is 5.39. The van der Waals surface area contributed by atoms with Crippen LogP contribution in [-0.2, 0) is 4.74 Å². The molecule has 4 nitrogen and oxygen atoms in total. The van der Waals surface area contributed by atoms with E-state index in [1.54, 1.807) is 7.11 Å². The zero-order chi connectivity index (χ0) is 14.9. The molecule has 1 saturated carbocycles. The Balaban J connectivity index is 1.85. The van der Waals surface area contributed by atoms with E-state index in [2.05, 4.69) is 24.5 Å². The molecular weight excluding hydrogens is 264 g/mol. The van der Waals surface area contributed by atoms with E-state index in [1.807, 2.05) is 6.07 Å². The molecule has 4 heteroatoms. The van der Waals surface area contributed by atoms with Crippen molar-refractivity contribution in [1.82, 2.24) is 5.43 Å². The summed E-state index contributed by atoms with van der Waals surface area (Å²) in [6, 6.07) is 6.42. The van der Waals surface area contributed by atoms with Crippen LogP contribution in [0.3, 0.4) is 0 Å². The standard InChI is InChI=1S/C17H26N2O2/c1-12-4-5-15(20-2)14(10-12)16(19-18)13-6-9-21-17(11-13)7-3-8-17/h4-5,10,13,16,19H,3,6-9,11,18H2,1-2H3. The quantitative estimate of drug-likeness (QED) is 0.661. The van der Waals surface area contributed by atoms with E-state index in [4.69, 9.17) is 15.3 Å². The van der Waals surface area contributed by atoms with Gasteiger partial charge in [-0.1, -0.05) is 17.7 Å². The van der Waals surface area contributed by atoms with Gasteiger partial charge in [-0.3, -0.25) is 11.3 Å². The van der Waals surface area contributed by atoms with Gasteiger partial charge >= 0.3 is 0 Å². The van der Waals surface area contributed by atoms with E-state index in [9.17, 15) is 0 Å². The van der Waals surface area contributed by atoms with Gasteiger partial charge in [0, 0.05) is 12.2 Å². The van der Waals surface area contributed by atoms with Gasteiger partial charge in [-0.2, -0.15) is 0 Å². The molecule has 1 heterocycles. The van der Waals surface area contributed by atoms with Crippen LogP contribution in [0, 0.1) is 12.8 Å². The Kier molecular flexibility index (Phi) is 4.20. The molecule has 0 radical (unpaired) electrons. The van der Waals surface area contributed by atoms with Gasteiger partial charge in [0.05, 0.1) is 18.8 Å². The lowest BCUT2D eigenvalue weighted by atomic mass is 9.69. The molecule has 1 aliphatic carbocycles. The normalized spacial score (nSPS) is 25.4. The van der Waals surface area contributed by atoms with Gasteiger partial charge in [-0.25, -0.2) is 0 Å². The Morgan fingerprint density at radius 3 is 2.86 bits per heavy atom. The van der Waals surface area contributed by atoms with Gasteiger partial charge in [0.25, 0.3) is 0 Å². The molecule has 2 fully saturated rings. The number of benzene rings is 1. The van der Waals surface area contributed by atoms with Crippen LogP contribution in [0.4, 0.5) is 0 Å². The van der Waals surface area contributed by atoms with Crippen molar-refractivity contribution < 1.29 is 9.47 Å². The molecule has 1 aromatic carbocycles. The summed E-state index contributed by atoms with van der Waals surface area (Å²) < 4.78 is 11.6. The van der Waals surface area contributed by atoms with Gasteiger partial charge in [0.15, 0.2) is 0 Å². The topological polar surface area (TPSA) is 56.5 Å². The number of hydrazine groups is 1. The van der Waals surface area contributed by atoms with E-state index < -0.39 is 0 Å². The van der Waals surface area contributed by atoms with E-state index in [0.717, 1.165) is 25.2 Å². The number of nitrogens with one attached hydrogen (secondary N) is 1. The molecule has 116 valence electrons. The molecule has 0 amide bonds. The third-order valence-corrected chi connectivity index (χ3v) is 5.17. The molecule has 2 aliphatic rings. The van der Waals surface area contributed by atoms with Crippen LogP contribution in [-0.4, -0.2) is 19.3 Å². The van der Waals surface area contributed by atoms with Gasteiger partial charge in [0.1, 0.15) is 5.75 Å². The van der Waals surface area contributed by atoms with Crippen LogP contribution in [0.15, 0.2) is 18.2 Å². The molecule has 1 spiro atoms. The number of hydrogen-bond donors (Lipinski definition) is 2. The highest BCUT2D eigenvalue weighted by Crippen LogP contribution is 2.47. The lowest BCUT2D eigenvalue weighted by Crippen LogP contribution is -2.48. The Labute approximate surface area is 127 Å². The van der Waals surface area contributed by atoms with E-state index in [-0.39, 0.29) is 11.6 Å². The monoisotopic (exact) mass is 290 g/mol. The van der Waals surface area contributed by atoms with E-state index in [1.165, 1.54) is 30.4 Å². The molecule has 1 aliphatic heterocycles. The minimum Gasteiger partial charge on any atom is -0.496 e. The molecular formula is C17H26N2O2. The van der Waals surface area contributed by atoms with Gasteiger partial charge in [-0.15, -0.1) is 0 Å². The van der Waals surface area contributed by atoms with Crippen molar-refractivity contribution in [2.75, 3.05) is 13.7 Å². The number of aryl methyl sites for hydroxylation is 1. The molecule has 3 N–H and O–H groups in total. The summed E-state index contributed by atoms with van der Waals surface area (Å²) in [5, 5.41) is 0. The predicted molar refractivity (Wildman–Crippen MR) is 83.1 cm³/mol. The van der Waals surface area contributed by atoms with Crippen LogP contribution >= 0.6 is 0 Å². The summed E-state index contributed by atoms with van der Waals surface area (Å²) in [6.45, 7) is 2.95. The maximum Gasteiger partial charge on any atom is 0.123 e. The van der Waals surface area contributed by atoms with Gasteiger partial charge in [0.2, 0.25) is 0 Å². The Hall–Kier alpha value is -1.10. The maximum absolute atomic E-state index is 6.04.